The molecule has 90 valence electrons. The van der Waals surface area contributed by atoms with Gasteiger partial charge in [0.15, 0.2) is 0 Å². The van der Waals surface area contributed by atoms with E-state index in [1.165, 1.54) is 6.07 Å². The van der Waals surface area contributed by atoms with Crippen molar-refractivity contribution in [3.63, 3.8) is 0 Å². The first-order chi connectivity index (χ1) is 7.99. The molecule has 2 rings (SSSR count). The number of carboxylic acids is 1. The van der Waals surface area contributed by atoms with Gasteiger partial charge in [0.25, 0.3) is 0 Å². The molecule has 0 bridgehead atoms. The van der Waals surface area contributed by atoms with Gasteiger partial charge in [-0.25, -0.2) is 4.79 Å². The number of fused-ring (bicyclic) bond motifs is 1. The highest BCUT2D eigenvalue weighted by atomic mass is 16.4. The van der Waals surface area contributed by atoms with E-state index in [1.54, 1.807) is 12.1 Å². The summed E-state index contributed by atoms with van der Waals surface area (Å²) < 4.78 is 0. The fourth-order valence-corrected chi connectivity index (χ4v) is 2.04. The molecule has 0 fully saturated rings. The summed E-state index contributed by atoms with van der Waals surface area (Å²) in [4.78, 5) is 14.4. The lowest BCUT2D eigenvalue weighted by Gasteiger charge is -2.03. The van der Waals surface area contributed by atoms with Crippen molar-refractivity contribution in [1.29, 1.82) is 0 Å². The smallest absolute Gasteiger partial charge is 0.338 e. The maximum Gasteiger partial charge on any atom is 0.338 e. The highest BCUT2D eigenvalue weighted by molar-refractivity contribution is 6.05. The predicted octanol–water partition coefficient (Wildman–Crippen LogP) is 2.77. The van der Waals surface area contributed by atoms with Crippen molar-refractivity contribution in [2.45, 2.75) is 20.3 Å². The number of hydrogen-bond donors (Lipinski definition) is 3. The SMILES string of the molecule is CC(C)Cc1[nH]c2ccc(O)cc2c1C(=O)O. The molecular formula is C13H15NO3. The largest absolute Gasteiger partial charge is 0.508 e. The molecule has 1 aromatic heterocycles. The van der Waals surface area contributed by atoms with Crippen molar-refractivity contribution in [3.8, 4) is 5.75 Å². The summed E-state index contributed by atoms with van der Waals surface area (Å²) in [5, 5.41) is 19.2. The van der Waals surface area contributed by atoms with E-state index in [1.807, 2.05) is 13.8 Å². The van der Waals surface area contributed by atoms with E-state index in [4.69, 9.17) is 0 Å². The average molecular weight is 233 g/mol. The van der Waals surface area contributed by atoms with Crippen molar-refractivity contribution in [3.05, 3.63) is 29.5 Å². The quantitative estimate of drug-likeness (QED) is 0.763. The third-order valence-electron chi connectivity index (χ3n) is 2.69. The summed E-state index contributed by atoms with van der Waals surface area (Å²) in [5.41, 5.74) is 1.73. The van der Waals surface area contributed by atoms with E-state index < -0.39 is 5.97 Å². The zero-order valence-corrected chi connectivity index (χ0v) is 9.82. The number of phenols is 1. The van der Waals surface area contributed by atoms with Crippen LogP contribution in [0.4, 0.5) is 0 Å². The number of carbonyl (C=O) groups is 1. The lowest BCUT2D eigenvalue weighted by molar-refractivity contribution is 0.0698. The van der Waals surface area contributed by atoms with Crippen LogP contribution in [0, 0.1) is 5.92 Å². The molecule has 17 heavy (non-hydrogen) atoms. The van der Waals surface area contributed by atoms with Gasteiger partial charge in [0.2, 0.25) is 0 Å². The van der Waals surface area contributed by atoms with E-state index in [0.717, 1.165) is 5.52 Å². The Bertz CT molecular complexity index is 569. The number of rotatable bonds is 3. The first-order valence-electron chi connectivity index (χ1n) is 5.56. The molecule has 1 aromatic carbocycles. The van der Waals surface area contributed by atoms with E-state index in [0.29, 0.717) is 23.4 Å². The third kappa shape index (κ3) is 2.11. The second-order valence-electron chi connectivity index (χ2n) is 4.61. The van der Waals surface area contributed by atoms with Crippen molar-refractivity contribution in [1.82, 2.24) is 4.98 Å². The Balaban J connectivity index is 2.67. The molecule has 0 aliphatic rings. The maximum absolute atomic E-state index is 11.3. The number of aromatic nitrogens is 1. The summed E-state index contributed by atoms with van der Waals surface area (Å²) in [7, 11) is 0. The van der Waals surface area contributed by atoms with Crippen LogP contribution in [0.25, 0.3) is 10.9 Å². The van der Waals surface area contributed by atoms with Crippen LogP contribution >= 0.6 is 0 Å². The van der Waals surface area contributed by atoms with Crippen LogP contribution in [-0.2, 0) is 6.42 Å². The summed E-state index contributed by atoms with van der Waals surface area (Å²) in [6.07, 6.45) is 0.678. The van der Waals surface area contributed by atoms with E-state index in [-0.39, 0.29) is 11.3 Å². The summed E-state index contributed by atoms with van der Waals surface area (Å²) >= 11 is 0. The van der Waals surface area contributed by atoms with Crippen LogP contribution in [-0.4, -0.2) is 21.2 Å². The Morgan fingerprint density at radius 2 is 2.12 bits per heavy atom. The number of carboxylic acid groups (broad SMARTS) is 1. The fraction of sp³-hybridized carbons (Fsp3) is 0.308. The number of phenolic OH excluding ortho intramolecular Hbond substituents is 1. The summed E-state index contributed by atoms with van der Waals surface area (Å²) in [6, 6.07) is 4.73. The Morgan fingerprint density at radius 1 is 1.41 bits per heavy atom. The summed E-state index contributed by atoms with van der Waals surface area (Å²) in [5.74, 6) is -0.512. The van der Waals surface area contributed by atoms with Crippen LogP contribution < -0.4 is 0 Å². The topological polar surface area (TPSA) is 73.3 Å². The molecule has 0 radical (unpaired) electrons. The number of aromatic amines is 1. The van der Waals surface area contributed by atoms with Crippen molar-refractivity contribution in [2.24, 2.45) is 5.92 Å². The average Bonchev–Trinajstić information content (AvgIpc) is 2.53. The lowest BCUT2D eigenvalue weighted by atomic mass is 10.0. The molecule has 0 saturated carbocycles. The minimum atomic E-state index is -0.961. The van der Waals surface area contributed by atoms with Crippen molar-refractivity contribution < 1.29 is 15.0 Å². The number of nitrogens with one attached hydrogen (secondary N) is 1. The second kappa shape index (κ2) is 4.13. The van der Waals surface area contributed by atoms with Crippen molar-refractivity contribution in [2.75, 3.05) is 0 Å². The van der Waals surface area contributed by atoms with Gasteiger partial charge in [0.05, 0.1) is 5.56 Å². The van der Waals surface area contributed by atoms with E-state index in [2.05, 4.69) is 4.98 Å². The highest BCUT2D eigenvalue weighted by Gasteiger charge is 2.18. The molecule has 4 nitrogen and oxygen atoms in total. The third-order valence-corrected chi connectivity index (χ3v) is 2.69. The first-order valence-corrected chi connectivity index (χ1v) is 5.56. The number of aromatic carboxylic acids is 1. The zero-order valence-electron chi connectivity index (χ0n) is 9.82. The first kappa shape index (κ1) is 11.5. The summed E-state index contributed by atoms with van der Waals surface area (Å²) in [6.45, 7) is 4.07. The molecule has 2 aromatic rings. The monoisotopic (exact) mass is 233 g/mol. The predicted molar refractivity (Wildman–Crippen MR) is 65.5 cm³/mol. The Morgan fingerprint density at radius 3 is 2.71 bits per heavy atom. The number of benzene rings is 1. The van der Waals surface area contributed by atoms with Crippen LogP contribution in [0.2, 0.25) is 0 Å². The van der Waals surface area contributed by atoms with Crippen molar-refractivity contribution >= 4 is 16.9 Å². The Hall–Kier alpha value is -1.97. The van der Waals surface area contributed by atoms with Gasteiger partial charge in [0.1, 0.15) is 5.75 Å². The van der Waals surface area contributed by atoms with Crippen LogP contribution in [0.1, 0.15) is 29.9 Å². The number of aromatic hydroxyl groups is 1. The minimum absolute atomic E-state index is 0.0788. The highest BCUT2D eigenvalue weighted by Crippen LogP contribution is 2.27. The standard InChI is InChI=1S/C13H15NO3/c1-7(2)5-11-12(13(16)17)9-6-8(15)3-4-10(9)14-11/h3-4,6-7,14-15H,5H2,1-2H3,(H,16,17). The van der Waals surface area contributed by atoms with Crippen LogP contribution in [0.3, 0.4) is 0 Å². The van der Waals surface area contributed by atoms with Gasteiger partial charge in [-0.05, 0) is 30.5 Å². The molecule has 0 aliphatic heterocycles. The number of H-pyrrole nitrogens is 1. The molecule has 0 unspecified atom stereocenters. The van der Waals surface area contributed by atoms with Gasteiger partial charge in [0, 0.05) is 16.6 Å². The molecular weight excluding hydrogens is 218 g/mol. The normalized spacial score (nSPS) is 11.2. The molecule has 3 N–H and O–H groups in total. The molecule has 0 spiro atoms. The Labute approximate surface area is 98.9 Å². The number of hydrogen-bond acceptors (Lipinski definition) is 2. The van der Waals surface area contributed by atoms with Gasteiger partial charge in [-0.3, -0.25) is 0 Å². The fourth-order valence-electron chi connectivity index (χ4n) is 2.04. The molecule has 0 amide bonds. The second-order valence-corrected chi connectivity index (χ2v) is 4.61. The van der Waals surface area contributed by atoms with E-state index >= 15 is 0 Å². The molecule has 1 heterocycles. The van der Waals surface area contributed by atoms with Gasteiger partial charge in [-0.1, -0.05) is 13.8 Å². The zero-order chi connectivity index (χ0) is 12.6. The van der Waals surface area contributed by atoms with Crippen LogP contribution in [0.5, 0.6) is 5.75 Å². The Kier molecular flexibility index (Phi) is 2.79. The lowest BCUT2D eigenvalue weighted by Crippen LogP contribution is -2.03. The van der Waals surface area contributed by atoms with E-state index in [9.17, 15) is 15.0 Å². The van der Waals surface area contributed by atoms with Crippen LogP contribution in [0.15, 0.2) is 18.2 Å². The molecule has 0 saturated heterocycles. The maximum atomic E-state index is 11.3. The molecule has 4 heteroatoms. The van der Waals surface area contributed by atoms with Gasteiger partial charge < -0.3 is 15.2 Å². The van der Waals surface area contributed by atoms with Gasteiger partial charge in [-0.15, -0.1) is 0 Å². The molecule has 0 atom stereocenters. The van der Waals surface area contributed by atoms with Gasteiger partial charge >= 0.3 is 5.97 Å². The van der Waals surface area contributed by atoms with Gasteiger partial charge in [-0.2, -0.15) is 0 Å². The molecule has 0 aliphatic carbocycles. The minimum Gasteiger partial charge on any atom is -0.508 e.